The van der Waals surface area contributed by atoms with Gasteiger partial charge < -0.3 is 5.32 Å². The van der Waals surface area contributed by atoms with Crippen molar-refractivity contribution in [3.63, 3.8) is 0 Å². The molecule has 1 aromatic heterocycles. The van der Waals surface area contributed by atoms with Gasteiger partial charge in [-0.1, -0.05) is 85.0 Å². The highest BCUT2D eigenvalue weighted by Crippen LogP contribution is 2.29. The predicted molar refractivity (Wildman–Crippen MR) is 112 cm³/mol. The highest BCUT2D eigenvalue weighted by molar-refractivity contribution is 8.03. The molecule has 1 aromatic carbocycles. The lowest BCUT2D eigenvalue weighted by molar-refractivity contribution is -0.119. The van der Waals surface area contributed by atoms with Gasteiger partial charge in [0.1, 0.15) is 0 Å². The number of hydrogen-bond donors (Lipinski definition) is 1. The first kappa shape index (κ1) is 20.4. The molecular formula is C19H23N3O2S3. The molecule has 0 bridgehead atoms. The van der Waals surface area contributed by atoms with Gasteiger partial charge in [0.2, 0.25) is 5.91 Å². The third-order valence-corrected chi connectivity index (χ3v) is 7.78. The lowest BCUT2D eigenvalue weighted by Gasteiger charge is -2.29. The maximum Gasteiger partial charge on any atom is 0.230 e. The number of thioether (sulfide) groups is 2. The van der Waals surface area contributed by atoms with Crippen LogP contribution in [0.4, 0.5) is 0 Å². The summed E-state index contributed by atoms with van der Waals surface area (Å²) in [5, 5.41) is 11.4. The summed E-state index contributed by atoms with van der Waals surface area (Å²) in [6, 6.07) is 9.54. The molecule has 0 saturated heterocycles. The minimum atomic E-state index is 0.0578. The zero-order valence-electron chi connectivity index (χ0n) is 15.2. The van der Waals surface area contributed by atoms with Gasteiger partial charge in [-0.3, -0.25) is 9.59 Å². The second kappa shape index (κ2) is 10.2. The Hall–Kier alpha value is -1.38. The normalized spacial score (nSPS) is 19.6. The van der Waals surface area contributed by atoms with Crippen LogP contribution in [0.2, 0.25) is 0 Å². The molecule has 0 spiro atoms. The van der Waals surface area contributed by atoms with E-state index < -0.39 is 0 Å². The van der Waals surface area contributed by atoms with E-state index in [1.807, 2.05) is 30.3 Å². The number of hydrogen-bond acceptors (Lipinski definition) is 7. The maximum absolute atomic E-state index is 12.2. The lowest BCUT2D eigenvalue weighted by Crippen LogP contribution is -2.41. The van der Waals surface area contributed by atoms with Gasteiger partial charge in [0.25, 0.3) is 0 Å². The zero-order chi connectivity index (χ0) is 19.1. The zero-order valence-corrected chi connectivity index (χ0v) is 17.7. The molecule has 0 unspecified atom stereocenters. The molecular weight excluding hydrogens is 398 g/mol. The molecule has 27 heavy (non-hydrogen) atoms. The van der Waals surface area contributed by atoms with Crippen molar-refractivity contribution in [1.82, 2.24) is 15.5 Å². The second-order valence-electron chi connectivity index (χ2n) is 6.64. The number of carbonyl (C=O) groups is 2. The Labute approximate surface area is 172 Å². The van der Waals surface area contributed by atoms with Crippen LogP contribution in [-0.2, 0) is 4.79 Å². The van der Waals surface area contributed by atoms with Gasteiger partial charge in [0.05, 0.1) is 11.5 Å². The fourth-order valence-corrected chi connectivity index (χ4v) is 5.78. The van der Waals surface area contributed by atoms with Crippen molar-refractivity contribution < 1.29 is 9.59 Å². The fraction of sp³-hybridized carbons (Fsp3) is 0.474. The number of ketones is 1. The minimum Gasteiger partial charge on any atom is -0.352 e. The summed E-state index contributed by atoms with van der Waals surface area (Å²) < 4.78 is 1.51. The number of aromatic nitrogens is 2. The standard InChI is InChI=1S/C19H23N3O2S3/c1-13-7-5-6-10-15(13)20-17(24)12-26-19-22-21-18(27-19)25-11-16(23)14-8-3-2-4-9-14/h2-4,8-9,13,15H,5-7,10-12H2,1H3,(H,20,24)/t13-,15+/m0/s1. The van der Waals surface area contributed by atoms with Gasteiger partial charge in [0.15, 0.2) is 14.5 Å². The van der Waals surface area contributed by atoms with Crippen LogP contribution in [0.15, 0.2) is 39.0 Å². The largest absolute Gasteiger partial charge is 0.352 e. The molecule has 1 amide bonds. The van der Waals surface area contributed by atoms with Gasteiger partial charge in [-0.05, 0) is 18.8 Å². The van der Waals surface area contributed by atoms with Crippen LogP contribution < -0.4 is 5.32 Å². The van der Waals surface area contributed by atoms with E-state index in [-0.39, 0.29) is 11.7 Å². The summed E-state index contributed by atoms with van der Waals surface area (Å²) >= 11 is 4.22. The van der Waals surface area contributed by atoms with Crippen LogP contribution in [0.3, 0.4) is 0 Å². The van der Waals surface area contributed by atoms with E-state index in [1.54, 1.807) is 0 Å². The first-order chi connectivity index (χ1) is 13.1. The van der Waals surface area contributed by atoms with Crippen molar-refractivity contribution in [3.8, 4) is 0 Å². The number of carbonyl (C=O) groups excluding carboxylic acids is 2. The molecule has 2 atom stereocenters. The van der Waals surface area contributed by atoms with E-state index >= 15 is 0 Å². The first-order valence-corrected chi connectivity index (χ1v) is 11.9. The summed E-state index contributed by atoms with van der Waals surface area (Å²) in [7, 11) is 0. The number of benzene rings is 1. The van der Waals surface area contributed by atoms with E-state index in [0.717, 1.165) is 15.1 Å². The molecule has 1 N–H and O–H groups in total. The van der Waals surface area contributed by atoms with Crippen molar-refractivity contribution in [2.24, 2.45) is 5.92 Å². The smallest absolute Gasteiger partial charge is 0.230 e. The quantitative estimate of drug-likeness (QED) is 0.506. The van der Waals surface area contributed by atoms with Crippen molar-refractivity contribution in [1.29, 1.82) is 0 Å². The molecule has 0 aliphatic heterocycles. The molecule has 1 fully saturated rings. The number of Topliss-reactive ketones (excluding diaryl/α,β-unsaturated/α-hetero) is 1. The van der Waals surface area contributed by atoms with Crippen LogP contribution in [0.5, 0.6) is 0 Å². The Kier molecular flexibility index (Phi) is 7.72. The van der Waals surface area contributed by atoms with Crippen LogP contribution in [0.25, 0.3) is 0 Å². The molecule has 5 nitrogen and oxygen atoms in total. The van der Waals surface area contributed by atoms with E-state index in [2.05, 4.69) is 22.4 Å². The topological polar surface area (TPSA) is 72.0 Å². The van der Waals surface area contributed by atoms with E-state index in [0.29, 0.717) is 29.0 Å². The number of nitrogens with zero attached hydrogens (tertiary/aromatic N) is 2. The van der Waals surface area contributed by atoms with Crippen molar-refractivity contribution in [2.45, 2.75) is 47.3 Å². The van der Waals surface area contributed by atoms with Crippen LogP contribution in [0, 0.1) is 5.92 Å². The van der Waals surface area contributed by atoms with Crippen LogP contribution >= 0.6 is 34.9 Å². The molecule has 144 valence electrons. The highest BCUT2D eigenvalue weighted by atomic mass is 32.2. The van der Waals surface area contributed by atoms with Crippen molar-refractivity contribution in [3.05, 3.63) is 35.9 Å². The summed E-state index contributed by atoms with van der Waals surface area (Å²) in [6.45, 7) is 2.21. The van der Waals surface area contributed by atoms with E-state index in [9.17, 15) is 9.59 Å². The number of rotatable bonds is 8. The third kappa shape index (κ3) is 6.33. The molecule has 8 heteroatoms. The van der Waals surface area contributed by atoms with E-state index in [1.165, 1.54) is 54.1 Å². The summed E-state index contributed by atoms with van der Waals surface area (Å²) in [5.74, 6) is 1.38. The average molecular weight is 422 g/mol. The first-order valence-electron chi connectivity index (χ1n) is 9.08. The van der Waals surface area contributed by atoms with Gasteiger partial charge in [-0.25, -0.2) is 0 Å². The van der Waals surface area contributed by atoms with Gasteiger partial charge >= 0.3 is 0 Å². The molecule has 1 aliphatic rings. The Balaban J connectivity index is 1.41. The van der Waals surface area contributed by atoms with Crippen LogP contribution in [-0.4, -0.2) is 39.4 Å². The molecule has 1 aliphatic carbocycles. The number of nitrogens with one attached hydrogen (secondary N) is 1. The minimum absolute atomic E-state index is 0.0578. The lowest BCUT2D eigenvalue weighted by atomic mass is 9.86. The summed E-state index contributed by atoms with van der Waals surface area (Å²) in [4.78, 5) is 24.3. The maximum atomic E-state index is 12.2. The van der Waals surface area contributed by atoms with Crippen molar-refractivity contribution >= 4 is 46.6 Å². The van der Waals surface area contributed by atoms with Gasteiger partial charge in [0, 0.05) is 11.6 Å². The summed E-state index contributed by atoms with van der Waals surface area (Å²) in [5.41, 5.74) is 0.706. The molecule has 1 saturated carbocycles. The average Bonchev–Trinajstić information content (AvgIpc) is 3.15. The second-order valence-corrected chi connectivity index (χ2v) is 10.1. The monoisotopic (exact) mass is 421 g/mol. The Morgan fingerprint density at radius 3 is 2.44 bits per heavy atom. The fourth-order valence-electron chi connectivity index (χ4n) is 3.05. The highest BCUT2D eigenvalue weighted by Gasteiger charge is 2.22. The van der Waals surface area contributed by atoms with Crippen molar-refractivity contribution in [2.75, 3.05) is 11.5 Å². The number of amides is 1. The summed E-state index contributed by atoms with van der Waals surface area (Å²) in [6.07, 6.45) is 4.73. The Morgan fingerprint density at radius 2 is 1.74 bits per heavy atom. The molecule has 0 radical (unpaired) electrons. The third-order valence-electron chi connectivity index (χ3n) is 4.60. The Morgan fingerprint density at radius 1 is 1.07 bits per heavy atom. The SMILES string of the molecule is C[C@H]1CCCC[C@H]1NC(=O)CSc1nnc(SCC(=O)c2ccccc2)s1. The van der Waals surface area contributed by atoms with Gasteiger partial charge in [-0.15, -0.1) is 10.2 Å². The predicted octanol–water partition coefficient (Wildman–Crippen LogP) is 4.30. The molecule has 1 heterocycles. The van der Waals surface area contributed by atoms with Crippen LogP contribution in [0.1, 0.15) is 43.0 Å². The molecule has 2 aromatic rings. The van der Waals surface area contributed by atoms with E-state index in [4.69, 9.17) is 0 Å². The Bertz CT molecular complexity index is 767. The molecule has 3 rings (SSSR count). The van der Waals surface area contributed by atoms with Gasteiger partial charge in [-0.2, -0.15) is 0 Å².